The Hall–Kier alpha value is -3.00. The van der Waals surface area contributed by atoms with Crippen molar-refractivity contribution >= 4 is 39.4 Å². The van der Waals surface area contributed by atoms with Gasteiger partial charge in [0.15, 0.2) is 0 Å². The Morgan fingerprint density at radius 3 is 2.29 bits per heavy atom. The Bertz CT molecular complexity index is 1230. The first kappa shape index (κ1) is 26.6. The molecule has 1 amide bonds. The van der Waals surface area contributed by atoms with E-state index in [1.165, 1.54) is 53.1 Å². The van der Waals surface area contributed by atoms with Gasteiger partial charge in [-0.25, -0.2) is 4.79 Å². The van der Waals surface area contributed by atoms with E-state index in [9.17, 15) is 28.1 Å². The summed E-state index contributed by atoms with van der Waals surface area (Å²) in [5.74, 6) is -0.732. The van der Waals surface area contributed by atoms with Crippen molar-refractivity contribution in [1.82, 2.24) is 4.90 Å². The highest BCUT2D eigenvalue weighted by molar-refractivity contribution is 8.01. The smallest absolute Gasteiger partial charge is 0.330 e. The number of carbonyl (C=O) groups excluding carboxylic acids is 2. The average molecular weight is 524 g/mol. The van der Waals surface area contributed by atoms with Crippen molar-refractivity contribution in [3.05, 3.63) is 69.8 Å². The van der Waals surface area contributed by atoms with Crippen LogP contribution in [0.5, 0.6) is 0 Å². The molecule has 0 aliphatic carbocycles. The summed E-state index contributed by atoms with van der Waals surface area (Å²) in [6.07, 6.45) is 0. The normalized spacial score (nSPS) is 22.4. The minimum Gasteiger partial charge on any atom is -0.459 e. The largest absolute Gasteiger partial charge is 0.459 e. The molecule has 0 unspecified atom stereocenters. The fourth-order valence-corrected chi connectivity index (χ4v) is 5.72. The Balaban J connectivity index is 0.000000261. The molecule has 2 aromatic rings. The van der Waals surface area contributed by atoms with E-state index in [1.54, 1.807) is 12.1 Å². The number of rotatable bonds is 5. The van der Waals surface area contributed by atoms with Gasteiger partial charge in [0.25, 0.3) is 15.8 Å². The molecule has 2 aliphatic rings. The van der Waals surface area contributed by atoms with Crippen LogP contribution in [0, 0.1) is 17.0 Å². The second-order valence-corrected chi connectivity index (χ2v) is 11.8. The van der Waals surface area contributed by atoms with Gasteiger partial charge in [0.1, 0.15) is 24.1 Å². The summed E-state index contributed by atoms with van der Waals surface area (Å²) < 4.78 is 34.4. The molecule has 3 N–H and O–H groups in total. The topological polar surface area (TPSA) is 170 Å². The van der Waals surface area contributed by atoms with Crippen molar-refractivity contribution in [2.45, 2.75) is 54.5 Å². The van der Waals surface area contributed by atoms with Crippen LogP contribution in [0.1, 0.15) is 25.0 Å². The molecule has 2 aliphatic heterocycles. The number of thioether (sulfide) groups is 1. The summed E-state index contributed by atoms with van der Waals surface area (Å²) in [6.45, 7) is 5.60. The van der Waals surface area contributed by atoms with E-state index >= 15 is 0 Å². The van der Waals surface area contributed by atoms with Gasteiger partial charge in [0, 0.05) is 16.9 Å². The molecule has 0 bridgehead atoms. The van der Waals surface area contributed by atoms with Crippen molar-refractivity contribution in [3.63, 3.8) is 0 Å². The molecule has 35 heavy (non-hydrogen) atoms. The molecule has 0 saturated carbocycles. The van der Waals surface area contributed by atoms with Gasteiger partial charge in [0.2, 0.25) is 5.91 Å². The molecular weight excluding hydrogens is 498 g/mol. The number of nitrogens with zero attached hydrogens (tertiary/aromatic N) is 2. The summed E-state index contributed by atoms with van der Waals surface area (Å²) in [4.78, 5) is 36.0. The Morgan fingerprint density at radius 1 is 1.20 bits per heavy atom. The first-order valence-corrected chi connectivity index (χ1v) is 12.7. The number of aryl methyl sites for hydroxylation is 1. The quantitative estimate of drug-likeness (QED) is 0.195. The van der Waals surface area contributed by atoms with E-state index in [-0.39, 0.29) is 28.5 Å². The Morgan fingerprint density at radius 2 is 1.77 bits per heavy atom. The first-order chi connectivity index (χ1) is 16.2. The third-order valence-corrected chi connectivity index (χ3v) is 8.01. The zero-order chi connectivity index (χ0) is 26.1. The van der Waals surface area contributed by atoms with Crippen LogP contribution >= 0.6 is 11.8 Å². The number of carbonyl (C=O) groups is 2. The molecule has 0 radical (unpaired) electrons. The lowest BCUT2D eigenvalue weighted by molar-refractivity contribution is -0.384. The number of hydrogen-bond acceptors (Lipinski definition) is 9. The van der Waals surface area contributed by atoms with Crippen molar-refractivity contribution in [1.29, 1.82) is 0 Å². The number of nitrogens with two attached hydrogens (primary N) is 1. The lowest BCUT2D eigenvalue weighted by Crippen LogP contribution is -2.68. The van der Waals surface area contributed by atoms with E-state index in [1.807, 2.05) is 20.8 Å². The highest BCUT2D eigenvalue weighted by Gasteiger charge is 2.63. The van der Waals surface area contributed by atoms with Gasteiger partial charge < -0.3 is 15.4 Å². The van der Waals surface area contributed by atoms with Crippen molar-refractivity contribution < 1.29 is 32.2 Å². The van der Waals surface area contributed by atoms with E-state index in [2.05, 4.69) is 0 Å². The molecule has 4 rings (SSSR count). The van der Waals surface area contributed by atoms with Crippen LogP contribution in [-0.4, -0.2) is 56.9 Å². The van der Waals surface area contributed by atoms with E-state index in [0.717, 1.165) is 5.56 Å². The zero-order valence-corrected chi connectivity index (χ0v) is 20.8. The predicted octanol–water partition coefficient (Wildman–Crippen LogP) is 2.27. The van der Waals surface area contributed by atoms with Crippen molar-refractivity contribution in [2.24, 2.45) is 5.73 Å². The molecule has 0 aromatic heterocycles. The number of amides is 1. The molecule has 0 spiro atoms. The number of nitro groups is 1. The second kappa shape index (κ2) is 9.93. The van der Waals surface area contributed by atoms with Crippen molar-refractivity contribution in [2.75, 3.05) is 0 Å². The maximum Gasteiger partial charge on any atom is 0.330 e. The Kier molecular flexibility index (Phi) is 7.55. The molecular formula is C22H25N3O8S2. The SMILES string of the molecule is CC1(C)S[C@@H]2[C@H](N)C(=O)N2[C@H]1C(=O)OCc1ccc([N+](=O)[O-])cc1.Cc1ccc(S(=O)(=O)O)cc1. The van der Waals surface area contributed by atoms with Crippen LogP contribution in [0.4, 0.5) is 5.69 Å². The van der Waals surface area contributed by atoms with Crippen LogP contribution in [0.2, 0.25) is 0 Å². The number of esters is 1. The van der Waals surface area contributed by atoms with Gasteiger partial charge in [-0.05, 0) is 50.6 Å². The van der Waals surface area contributed by atoms with E-state index < -0.39 is 37.8 Å². The average Bonchev–Trinajstić information content (AvgIpc) is 3.05. The number of non-ortho nitro benzene ring substituents is 1. The summed E-state index contributed by atoms with van der Waals surface area (Å²) >= 11 is 1.50. The van der Waals surface area contributed by atoms with Crippen LogP contribution in [0.3, 0.4) is 0 Å². The minimum atomic E-state index is -4.02. The van der Waals surface area contributed by atoms with Gasteiger partial charge in [-0.2, -0.15) is 8.42 Å². The molecule has 2 heterocycles. The maximum absolute atomic E-state index is 12.5. The van der Waals surface area contributed by atoms with Gasteiger partial charge in [-0.15, -0.1) is 11.8 Å². The number of fused-ring (bicyclic) bond motifs is 1. The zero-order valence-electron chi connectivity index (χ0n) is 19.2. The fourth-order valence-electron chi connectivity index (χ4n) is 3.68. The van der Waals surface area contributed by atoms with Gasteiger partial charge >= 0.3 is 5.97 Å². The number of hydrogen-bond donors (Lipinski definition) is 2. The van der Waals surface area contributed by atoms with Crippen LogP contribution in [0.25, 0.3) is 0 Å². The summed E-state index contributed by atoms with van der Waals surface area (Å²) in [5.41, 5.74) is 7.34. The summed E-state index contributed by atoms with van der Waals surface area (Å²) in [7, 11) is -4.02. The van der Waals surface area contributed by atoms with Crippen molar-refractivity contribution in [3.8, 4) is 0 Å². The monoisotopic (exact) mass is 523 g/mol. The van der Waals surface area contributed by atoms with E-state index in [4.69, 9.17) is 15.0 Å². The lowest BCUT2D eigenvalue weighted by Gasteiger charge is -2.41. The van der Waals surface area contributed by atoms with Gasteiger partial charge in [0.05, 0.1) is 9.82 Å². The Labute approximate surface area is 206 Å². The highest BCUT2D eigenvalue weighted by atomic mass is 32.2. The standard InChI is InChI=1S/C15H17N3O5S.C7H8O3S/c1-15(2)11(17-12(19)10(16)13(17)24-15)14(20)23-7-8-3-5-9(6-4-8)18(21)22;1-6-2-4-7(5-3-6)11(8,9)10/h3-6,10-11,13H,7,16H2,1-2H3;2-5H,1H3,(H,8,9,10)/t10-,11+,13-;/m1./s1. The molecule has 13 heteroatoms. The number of benzene rings is 2. The highest BCUT2D eigenvalue weighted by Crippen LogP contribution is 2.50. The molecule has 3 atom stereocenters. The molecule has 2 aromatic carbocycles. The van der Waals surface area contributed by atoms with Gasteiger partial charge in [-0.1, -0.05) is 17.7 Å². The number of ether oxygens (including phenoxy) is 1. The molecule has 2 saturated heterocycles. The predicted molar refractivity (Wildman–Crippen MR) is 128 cm³/mol. The summed E-state index contributed by atoms with van der Waals surface area (Å²) in [5, 5.41) is 10.4. The third kappa shape index (κ3) is 5.81. The fraction of sp³-hybridized carbons (Fsp3) is 0.364. The lowest BCUT2D eigenvalue weighted by atomic mass is 9.96. The minimum absolute atomic E-state index is 0.00712. The van der Waals surface area contributed by atoms with E-state index in [0.29, 0.717) is 5.56 Å². The maximum atomic E-state index is 12.5. The number of nitro benzene ring substituents is 1. The van der Waals surface area contributed by atoms with Crippen LogP contribution < -0.4 is 5.73 Å². The molecule has 188 valence electrons. The van der Waals surface area contributed by atoms with Crippen LogP contribution in [-0.2, 0) is 31.1 Å². The third-order valence-electron chi connectivity index (χ3n) is 5.55. The molecule has 11 nitrogen and oxygen atoms in total. The number of β-lactam (4-membered cyclic amide) rings is 1. The molecule has 2 fully saturated rings. The van der Waals surface area contributed by atoms with Gasteiger partial charge in [-0.3, -0.25) is 19.5 Å². The first-order valence-electron chi connectivity index (χ1n) is 10.4. The second-order valence-electron chi connectivity index (χ2n) is 8.61. The van der Waals surface area contributed by atoms with Crippen LogP contribution in [0.15, 0.2) is 53.4 Å². The summed E-state index contributed by atoms with van der Waals surface area (Å²) in [6, 6.07) is 10.5.